The van der Waals surface area contributed by atoms with Crippen molar-refractivity contribution in [3.05, 3.63) is 0 Å². The molecule has 0 aromatic carbocycles. The fourth-order valence-electron chi connectivity index (χ4n) is 2.90. The van der Waals surface area contributed by atoms with Gasteiger partial charge in [0.2, 0.25) is 0 Å². The molecule has 0 aromatic rings. The predicted molar refractivity (Wildman–Crippen MR) is 58.7 cm³/mol. The van der Waals surface area contributed by atoms with E-state index in [2.05, 4.69) is 42.1 Å². The summed E-state index contributed by atoms with van der Waals surface area (Å²) in [5.41, 5.74) is 0.402. The fourth-order valence-corrected chi connectivity index (χ4v) is 6.11. The zero-order chi connectivity index (χ0) is 9.85. The molecule has 0 atom stereocenters. The normalized spacial score (nSPS) is 48.5. The Bertz CT molecular complexity index is 240. The molecular formula is C8H18BN3P. The molecule has 3 heterocycles. The molecule has 0 spiro atoms. The molecular weight excluding hydrogens is 180 g/mol. The van der Waals surface area contributed by atoms with Crippen LogP contribution in [-0.2, 0) is 0 Å². The van der Waals surface area contributed by atoms with E-state index in [0.717, 1.165) is 19.6 Å². The average Bonchev–Trinajstić information content (AvgIpc) is 1.96. The van der Waals surface area contributed by atoms with E-state index in [1.807, 2.05) is 0 Å². The Morgan fingerprint density at radius 1 is 1.00 bits per heavy atom. The summed E-state index contributed by atoms with van der Waals surface area (Å²) in [4.78, 5) is 0. The molecule has 0 saturated carbocycles. The maximum atomic E-state index is 6.47. The van der Waals surface area contributed by atoms with E-state index in [1.54, 1.807) is 0 Å². The Morgan fingerprint density at radius 2 is 1.31 bits per heavy atom. The van der Waals surface area contributed by atoms with Gasteiger partial charge < -0.3 is 0 Å². The Kier molecular flexibility index (Phi) is 2.05. The third kappa shape index (κ3) is 1.20. The van der Waals surface area contributed by atoms with Crippen LogP contribution < -0.4 is 0 Å². The molecule has 13 heavy (non-hydrogen) atoms. The molecule has 3 nitrogen and oxygen atoms in total. The van der Waals surface area contributed by atoms with Gasteiger partial charge in [-0.3, -0.25) is 0 Å². The zero-order valence-corrected chi connectivity index (χ0v) is 9.88. The van der Waals surface area contributed by atoms with Crippen molar-refractivity contribution < 1.29 is 0 Å². The third-order valence-corrected chi connectivity index (χ3v) is 6.78. The van der Waals surface area contributed by atoms with Crippen LogP contribution in [0.2, 0.25) is 0 Å². The van der Waals surface area contributed by atoms with Crippen molar-refractivity contribution >= 4 is 14.4 Å². The summed E-state index contributed by atoms with van der Waals surface area (Å²) in [6.07, 6.45) is 0. The van der Waals surface area contributed by atoms with Gasteiger partial charge in [-0.15, -0.1) is 0 Å². The van der Waals surface area contributed by atoms with Crippen LogP contribution in [0.3, 0.4) is 0 Å². The summed E-state index contributed by atoms with van der Waals surface area (Å²) in [5.74, 6) is 0. The number of hydrogen-bond donors (Lipinski definition) is 0. The molecule has 1 radical (unpaired) electrons. The maximum absolute atomic E-state index is 6.47. The average molecular weight is 198 g/mol. The zero-order valence-electron chi connectivity index (χ0n) is 8.99. The fraction of sp³-hybridized carbons (Fsp3) is 1.00. The van der Waals surface area contributed by atoms with E-state index in [1.165, 1.54) is 0 Å². The molecule has 0 amide bonds. The standard InChI is InChI=1S/C8H18BN3P/c1-8-5-10(2)13(9,11(3)6-8)12(4)7-8/h5-7H2,1-4H3. The predicted octanol–water partition coefficient (Wildman–Crippen LogP) is 0.661. The summed E-state index contributed by atoms with van der Waals surface area (Å²) in [6, 6.07) is 0. The van der Waals surface area contributed by atoms with Crippen molar-refractivity contribution in [3.8, 4) is 0 Å². The summed E-state index contributed by atoms with van der Waals surface area (Å²) in [7, 11) is 11.3. The topological polar surface area (TPSA) is 9.72 Å². The van der Waals surface area contributed by atoms with Gasteiger partial charge in [-0.1, -0.05) is 0 Å². The Labute approximate surface area is 82.2 Å². The van der Waals surface area contributed by atoms with Crippen molar-refractivity contribution in [2.45, 2.75) is 6.92 Å². The van der Waals surface area contributed by atoms with Gasteiger partial charge in [0, 0.05) is 0 Å². The van der Waals surface area contributed by atoms with E-state index in [0.29, 0.717) is 5.41 Å². The molecule has 3 saturated heterocycles. The summed E-state index contributed by atoms with van der Waals surface area (Å²) in [6.45, 7) is 5.78. The molecule has 73 valence electrons. The van der Waals surface area contributed by atoms with Crippen molar-refractivity contribution in [1.29, 1.82) is 0 Å². The van der Waals surface area contributed by atoms with Gasteiger partial charge in [0.15, 0.2) is 0 Å². The first-order chi connectivity index (χ1) is 5.88. The number of nitrogens with zero attached hydrogens (tertiary/aromatic N) is 3. The molecule has 5 heteroatoms. The molecule has 3 fully saturated rings. The van der Waals surface area contributed by atoms with Crippen LogP contribution in [0.15, 0.2) is 0 Å². The Balaban J connectivity index is 2.42. The van der Waals surface area contributed by atoms with E-state index in [-0.39, 0.29) is 0 Å². The van der Waals surface area contributed by atoms with Gasteiger partial charge in [-0.25, -0.2) is 0 Å². The first kappa shape index (κ1) is 9.91. The van der Waals surface area contributed by atoms with Crippen molar-refractivity contribution in [2.75, 3.05) is 40.8 Å². The molecule has 0 unspecified atom stereocenters. The van der Waals surface area contributed by atoms with Crippen LogP contribution in [0.25, 0.3) is 0 Å². The van der Waals surface area contributed by atoms with Gasteiger partial charge in [-0.2, -0.15) is 0 Å². The second-order valence-electron chi connectivity index (χ2n) is 4.87. The van der Waals surface area contributed by atoms with E-state index in [9.17, 15) is 0 Å². The molecule has 3 rings (SSSR count). The summed E-state index contributed by atoms with van der Waals surface area (Å²) in [5, 5.41) is 0. The number of rotatable bonds is 0. The number of fused-ring (bicyclic) bond motifs is 3. The number of hydrogen-bond acceptors (Lipinski definition) is 3. The minimum atomic E-state index is -1.59. The molecule has 3 aliphatic rings. The van der Waals surface area contributed by atoms with E-state index >= 15 is 0 Å². The van der Waals surface area contributed by atoms with Crippen LogP contribution in [0, 0.1) is 5.41 Å². The van der Waals surface area contributed by atoms with Crippen LogP contribution in [-0.4, -0.2) is 62.0 Å². The van der Waals surface area contributed by atoms with Crippen molar-refractivity contribution in [3.63, 3.8) is 0 Å². The molecule has 0 aromatic heterocycles. The van der Waals surface area contributed by atoms with Crippen LogP contribution in [0.1, 0.15) is 6.92 Å². The molecule has 2 bridgehead atoms. The van der Waals surface area contributed by atoms with Gasteiger partial charge >= 0.3 is 81.5 Å². The Morgan fingerprint density at radius 3 is 1.62 bits per heavy atom. The molecule has 0 aliphatic carbocycles. The second kappa shape index (κ2) is 2.69. The van der Waals surface area contributed by atoms with Crippen molar-refractivity contribution in [1.82, 2.24) is 14.0 Å². The summed E-state index contributed by atoms with van der Waals surface area (Å²) < 4.78 is 7.04. The second-order valence-corrected chi connectivity index (χ2v) is 8.15. The molecule has 3 aliphatic heterocycles. The van der Waals surface area contributed by atoms with Gasteiger partial charge in [0.25, 0.3) is 0 Å². The van der Waals surface area contributed by atoms with Gasteiger partial charge in [0.1, 0.15) is 0 Å². The van der Waals surface area contributed by atoms with Gasteiger partial charge in [-0.05, 0) is 0 Å². The monoisotopic (exact) mass is 198 g/mol. The first-order valence-electron chi connectivity index (χ1n) is 4.71. The third-order valence-electron chi connectivity index (χ3n) is 3.34. The quantitative estimate of drug-likeness (QED) is 0.418. The summed E-state index contributed by atoms with van der Waals surface area (Å²) >= 11 is 0. The Hall–Kier alpha value is 0.375. The molecule has 0 N–H and O–H groups in total. The minimum absolute atomic E-state index is 0.402. The first-order valence-corrected chi connectivity index (χ1v) is 6.43. The van der Waals surface area contributed by atoms with E-state index < -0.39 is 7.21 Å². The van der Waals surface area contributed by atoms with Crippen molar-refractivity contribution in [2.24, 2.45) is 5.41 Å². The van der Waals surface area contributed by atoms with Crippen LogP contribution in [0.4, 0.5) is 0 Å². The van der Waals surface area contributed by atoms with Crippen LogP contribution in [0.5, 0.6) is 0 Å². The van der Waals surface area contributed by atoms with E-state index in [4.69, 9.17) is 7.18 Å². The SMILES string of the molecule is [B]=P12N(C)CC(C)(CN1C)CN2C. The van der Waals surface area contributed by atoms with Gasteiger partial charge in [0.05, 0.1) is 0 Å². The van der Waals surface area contributed by atoms with Crippen LogP contribution >= 0.6 is 7.21 Å².